The number of esters is 1. The molecule has 92 valence electrons. The fourth-order valence-electron chi connectivity index (χ4n) is 1.30. The van der Waals surface area contributed by atoms with Gasteiger partial charge >= 0.3 is 5.97 Å². The van der Waals surface area contributed by atoms with E-state index in [1.165, 1.54) is 0 Å². The first-order valence-electron chi connectivity index (χ1n) is 5.16. The molecule has 0 aliphatic heterocycles. The molecule has 5 heteroatoms. The van der Waals surface area contributed by atoms with Crippen molar-refractivity contribution in [2.24, 2.45) is 0 Å². The molecule has 0 atom stereocenters. The topological polar surface area (TPSA) is 43.4 Å². The van der Waals surface area contributed by atoms with Crippen LogP contribution < -0.4 is 0 Å². The lowest BCUT2D eigenvalue weighted by Crippen LogP contribution is -2.06. The molecule has 0 spiro atoms. The third-order valence-electron chi connectivity index (χ3n) is 2.10. The molecule has 0 aromatic heterocycles. The van der Waals surface area contributed by atoms with Gasteiger partial charge in [-0.2, -0.15) is 0 Å². The first kappa shape index (κ1) is 14.4. The van der Waals surface area contributed by atoms with Gasteiger partial charge in [-0.25, -0.2) is 4.79 Å². The molecule has 1 aromatic rings. The lowest BCUT2D eigenvalue weighted by atomic mass is 10.1. The summed E-state index contributed by atoms with van der Waals surface area (Å²) in [5.74, 6) is -0.350. The van der Waals surface area contributed by atoms with Gasteiger partial charge < -0.3 is 4.74 Å². The Bertz CT molecular complexity index is 430. The van der Waals surface area contributed by atoms with E-state index < -0.39 is 0 Å². The summed E-state index contributed by atoms with van der Waals surface area (Å²) in [5.41, 5.74) is 1.02. The molecule has 0 saturated carbocycles. The second-order valence-corrected chi connectivity index (χ2v) is 4.92. The van der Waals surface area contributed by atoms with Crippen LogP contribution in [0.4, 0.5) is 0 Å². The third-order valence-corrected chi connectivity index (χ3v) is 3.15. The molecule has 0 N–H and O–H groups in total. The highest BCUT2D eigenvalue weighted by molar-refractivity contribution is 9.10. The Morgan fingerprint density at radius 1 is 1.35 bits per heavy atom. The van der Waals surface area contributed by atoms with E-state index >= 15 is 0 Å². The molecule has 0 heterocycles. The van der Waals surface area contributed by atoms with Gasteiger partial charge in [0.1, 0.15) is 0 Å². The highest BCUT2D eigenvalue weighted by Gasteiger charge is 2.13. The highest BCUT2D eigenvalue weighted by Crippen LogP contribution is 2.21. The summed E-state index contributed by atoms with van der Waals surface area (Å²) in [6, 6.07) is 4.85. The van der Waals surface area contributed by atoms with E-state index in [4.69, 9.17) is 4.74 Å². The lowest BCUT2D eigenvalue weighted by Gasteiger charge is -2.05. The van der Waals surface area contributed by atoms with Crippen LogP contribution in [0.5, 0.6) is 0 Å². The van der Waals surface area contributed by atoms with E-state index in [1.54, 1.807) is 25.1 Å². The van der Waals surface area contributed by atoms with Crippen molar-refractivity contribution in [3.63, 3.8) is 0 Å². The van der Waals surface area contributed by atoms with Crippen molar-refractivity contribution in [3.8, 4) is 0 Å². The number of benzene rings is 1. The Hall–Kier alpha value is -0.680. The van der Waals surface area contributed by atoms with E-state index in [-0.39, 0.29) is 11.8 Å². The van der Waals surface area contributed by atoms with Crippen LogP contribution in [0.1, 0.15) is 34.1 Å². The molecule has 0 radical (unpaired) electrons. The van der Waals surface area contributed by atoms with Crippen molar-refractivity contribution in [1.29, 1.82) is 0 Å². The summed E-state index contributed by atoms with van der Waals surface area (Å²) in [4.78, 5) is 23.2. The summed E-state index contributed by atoms with van der Waals surface area (Å²) in [6.45, 7) is 2.08. The lowest BCUT2D eigenvalue weighted by molar-refractivity contribution is 0.0526. The number of halogens is 2. The maximum Gasteiger partial charge on any atom is 0.338 e. The van der Waals surface area contributed by atoms with Crippen LogP contribution in [0.15, 0.2) is 22.7 Å². The molecule has 0 aliphatic rings. The normalized spacial score (nSPS) is 10.1. The van der Waals surface area contributed by atoms with Crippen LogP contribution in [0.3, 0.4) is 0 Å². The standard InChI is InChI=1S/C12H12Br2O3/c1-2-17-12(16)8-3-4-9(10(14)7-8)11(15)5-6-13/h3-4,7H,2,5-6H2,1H3. The fourth-order valence-corrected chi connectivity index (χ4v) is 2.26. The fraction of sp³-hybridized carbons (Fsp3) is 0.333. The van der Waals surface area contributed by atoms with Crippen molar-refractivity contribution >= 4 is 43.6 Å². The third kappa shape index (κ3) is 3.92. The van der Waals surface area contributed by atoms with Crippen molar-refractivity contribution in [2.75, 3.05) is 11.9 Å². The maximum absolute atomic E-state index is 11.7. The Morgan fingerprint density at radius 3 is 2.59 bits per heavy atom. The first-order chi connectivity index (χ1) is 8.10. The molecule has 0 unspecified atom stereocenters. The molecule has 3 nitrogen and oxygen atoms in total. The van der Waals surface area contributed by atoms with Gasteiger partial charge in [-0.05, 0) is 25.1 Å². The van der Waals surface area contributed by atoms with Crippen LogP contribution in [-0.2, 0) is 4.74 Å². The van der Waals surface area contributed by atoms with Gasteiger partial charge in [0.05, 0.1) is 12.2 Å². The first-order valence-corrected chi connectivity index (χ1v) is 7.07. The van der Waals surface area contributed by atoms with Crippen molar-refractivity contribution < 1.29 is 14.3 Å². The zero-order valence-electron chi connectivity index (χ0n) is 9.33. The van der Waals surface area contributed by atoms with Gasteiger partial charge in [0, 0.05) is 21.8 Å². The summed E-state index contributed by atoms with van der Waals surface area (Å²) in [7, 11) is 0. The van der Waals surface area contributed by atoms with Crippen LogP contribution in [-0.4, -0.2) is 23.7 Å². The minimum atomic E-state index is -0.382. The number of rotatable bonds is 5. The number of hydrogen-bond acceptors (Lipinski definition) is 3. The second kappa shape index (κ2) is 6.91. The van der Waals surface area contributed by atoms with Gasteiger partial charge in [0.2, 0.25) is 0 Å². The van der Waals surface area contributed by atoms with Crippen molar-refractivity contribution in [3.05, 3.63) is 33.8 Å². The number of ether oxygens (including phenoxy) is 1. The van der Waals surface area contributed by atoms with Gasteiger partial charge in [0.25, 0.3) is 0 Å². The van der Waals surface area contributed by atoms with E-state index in [2.05, 4.69) is 31.9 Å². The zero-order valence-corrected chi connectivity index (χ0v) is 12.5. The van der Waals surface area contributed by atoms with Crippen LogP contribution >= 0.6 is 31.9 Å². The Morgan fingerprint density at radius 2 is 2.06 bits per heavy atom. The maximum atomic E-state index is 11.7. The summed E-state index contributed by atoms with van der Waals surface area (Å²) >= 11 is 6.51. The monoisotopic (exact) mass is 362 g/mol. The molecule has 0 bridgehead atoms. The highest BCUT2D eigenvalue weighted by atomic mass is 79.9. The van der Waals surface area contributed by atoms with E-state index in [9.17, 15) is 9.59 Å². The molecule has 17 heavy (non-hydrogen) atoms. The van der Waals surface area contributed by atoms with Crippen LogP contribution in [0, 0.1) is 0 Å². The van der Waals surface area contributed by atoms with E-state index in [1.807, 2.05) is 0 Å². The van der Waals surface area contributed by atoms with Crippen LogP contribution in [0.25, 0.3) is 0 Å². The van der Waals surface area contributed by atoms with Gasteiger partial charge in [-0.1, -0.05) is 31.9 Å². The minimum Gasteiger partial charge on any atom is -0.462 e. The number of ketones is 1. The summed E-state index contributed by atoms with van der Waals surface area (Å²) in [5, 5.41) is 0.623. The van der Waals surface area contributed by atoms with Gasteiger partial charge in [-0.15, -0.1) is 0 Å². The number of carbonyl (C=O) groups excluding carboxylic acids is 2. The second-order valence-electron chi connectivity index (χ2n) is 3.28. The summed E-state index contributed by atoms with van der Waals surface area (Å²) < 4.78 is 5.50. The average Bonchev–Trinajstić information content (AvgIpc) is 2.29. The predicted molar refractivity (Wildman–Crippen MR) is 72.8 cm³/mol. The quantitative estimate of drug-likeness (QED) is 0.456. The predicted octanol–water partition coefficient (Wildman–Crippen LogP) is 3.59. The molecule has 0 fully saturated rings. The molecular weight excluding hydrogens is 352 g/mol. The number of carbonyl (C=O) groups is 2. The molecular formula is C12H12Br2O3. The Kier molecular flexibility index (Phi) is 5.85. The molecule has 0 amide bonds. The number of hydrogen-bond donors (Lipinski definition) is 0. The smallest absolute Gasteiger partial charge is 0.338 e. The summed E-state index contributed by atoms with van der Waals surface area (Å²) in [6.07, 6.45) is 0.428. The number of Topliss-reactive ketones (excluding diaryl/α,β-unsaturated/α-hetero) is 1. The molecule has 0 aliphatic carbocycles. The van der Waals surface area contributed by atoms with Crippen molar-refractivity contribution in [1.82, 2.24) is 0 Å². The molecule has 1 rings (SSSR count). The molecule has 0 saturated heterocycles. The Labute approximate surface area is 117 Å². The van der Waals surface area contributed by atoms with E-state index in [0.717, 1.165) is 0 Å². The van der Waals surface area contributed by atoms with Gasteiger partial charge in [0.15, 0.2) is 5.78 Å². The zero-order chi connectivity index (χ0) is 12.8. The average molecular weight is 364 g/mol. The number of alkyl halides is 1. The Balaban J connectivity index is 2.93. The van der Waals surface area contributed by atoms with Crippen molar-refractivity contribution in [2.45, 2.75) is 13.3 Å². The minimum absolute atomic E-state index is 0.0316. The van der Waals surface area contributed by atoms with E-state index in [0.29, 0.717) is 34.0 Å². The van der Waals surface area contributed by atoms with Crippen LogP contribution in [0.2, 0.25) is 0 Å². The molecule has 1 aromatic carbocycles. The SMILES string of the molecule is CCOC(=O)c1ccc(C(=O)CCBr)c(Br)c1. The largest absolute Gasteiger partial charge is 0.462 e. The van der Waals surface area contributed by atoms with Gasteiger partial charge in [-0.3, -0.25) is 4.79 Å².